The lowest BCUT2D eigenvalue weighted by Gasteiger charge is -2.12. The zero-order chi connectivity index (χ0) is 48.1. The minimum atomic E-state index is -5.08. The van der Waals surface area contributed by atoms with Gasteiger partial charge in [-0.25, -0.2) is 9.59 Å². The van der Waals surface area contributed by atoms with E-state index >= 15 is 0 Å². The number of carbonyl (C=O) groups excluding carboxylic acids is 3. The number of hydrogen-bond acceptors (Lipinski definition) is 8. The van der Waals surface area contributed by atoms with Gasteiger partial charge >= 0.3 is 24.3 Å². The number of nitrogens with zero attached hydrogens (tertiary/aromatic N) is 5. The molecule has 0 fully saturated rings. The van der Waals surface area contributed by atoms with Crippen molar-refractivity contribution in [1.29, 1.82) is 5.41 Å². The maximum absolute atomic E-state index is 13.4. The molecular weight excluding hydrogens is 859 g/mol. The largest absolute Gasteiger partial charge is 0.490 e. The van der Waals surface area contributed by atoms with Crippen molar-refractivity contribution in [2.75, 3.05) is 43.1 Å². The molecule has 7 N–H and O–H groups in total. The van der Waals surface area contributed by atoms with E-state index in [0.717, 1.165) is 30.3 Å². The maximum Gasteiger partial charge on any atom is 0.490 e. The maximum atomic E-state index is 13.4. The second-order valence-corrected chi connectivity index (χ2v) is 14.8. The van der Waals surface area contributed by atoms with E-state index in [-0.39, 0.29) is 23.6 Å². The molecular formula is C41H48F6N10O7. The van der Waals surface area contributed by atoms with Crippen LogP contribution >= 0.6 is 0 Å². The molecule has 0 aliphatic heterocycles. The van der Waals surface area contributed by atoms with Crippen LogP contribution in [0.2, 0.25) is 0 Å². The summed E-state index contributed by atoms with van der Waals surface area (Å²) in [5.41, 5.74) is 4.19. The van der Waals surface area contributed by atoms with Crippen molar-refractivity contribution in [3.05, 3.63) is 96.0 Å². The van der Waals surface area contributed by atoms with Gasteiger partial charge < -0.3 is 50.1 Å². The second-order valence-electron chi connectivity index (χ2n) is 14.8. The highest BCUT2D eigenvalue weighted by Crippen LogP contribution is 2.22. The fraction of sp³-hybridized carbons (Fsp3) is 0.341. The van der Waals surface area contributed by atoms with Gasteiger partial charge in [0.15, 0.2) is 0 Å². The molecule has 4 aromatic heterocycles. The monoisotopic (exact) mass is 906 g/mol. The molecule has 0 spiro atoms. The Hall–Kier alpha value is -7.17. The van der Waals surface area contributed by atoms with Crippen LogP contribution < -0.4 is 21.3 Å². The number of aliphatic carboxylic acids is 2. The molecule has 17 nitrogen and oxygen atoms in total. The number of pyridine rings is 1. The number of amidine groups is 1. The number of hydrogen-bond donors (Lipinski definition) is 7. The molecule has 0 bridgehead atoms. The normalized spacial score (nSPS) is 11.3. The van der Waals surface area contributed by atoms with Crippen LogP contribution in [-0.4, -0.2) is 109 Å². The number of carbonyl (C=O) groups is 5. The average molecular weight is 907 g/mol. The Kier molecular flexibility index (Phi) is 17.8. The Morgan fingerprint density at radius 2 is 1.23 bits per heavy atom. The molecule has 4 heterocycles. The Labute approximate surface area is 362 Å². The number of amides is 3. The van der Waals surface area contributed by atoms with Crippen molar-refractivity contribution in [3.8, 4) is 0 Å². The van der Waals surface area contributed by atoms with Gasteiger partial charge in [-0.3, -0.25) is 24.8 Å². The summed E-state index contributed by atoms with van der Waals surface area (Å²) in [6.07, 6.45) is -1.63. The highest BCUT2D eigenvalue weighted by molar-refractivity contribution is 6.10. The number of carboxylic acid groups (broad SMARTS) is 2. The van der Waals surface area contributed by atoms with Gasteiger partial charge in [0.2, 0.25) is 0 Å². The smallest absolute Gasteiger partial charge is 0.475 e. The Morgan fingerprint density at radius 1 is 0.750 bits per heavy atom. The summed E-state index contributed by atoms with van der Waals surface area (Å²) in [6, 6.07) is 14.6. The van der Waals surface area contributed by atoms with Crippen LogP contribution in [0.3, 0.4) is 0 Å². The van der Waals surface area contributed by atoms with Crippen molar-refractivity contribution < 1.29 is 60.5 Å². The number of benzene rings is 1. The Morgan fingerprint density at radius 3 is 1.73 bits per heavy atom. The van der Waals surface area contributed by atoms with Gasteiger partial charge in [-0.05, 0) is 69.7 Å². The zero-order valence-electron chi connectivity index (χ0n) is 35.5. The average Bonchev–Trinajstić information content (AvgIpc) is 3.90. The molecule has 64 heavy (non-hydrogen) atoms. The number of anilines is 3. The van der Waals surface area contributed by atoms with Crippen LogP contribution in [0.25, 0.3) is 10.9 Å². The molecule has 0 radical (unpaired) electrons. The van der Waals surface area contributed by atoms with Crippen molar-refractivity contribution >= 4 is 63.5 Å². The van der Waals surface area contributed by atoms with E-state index in [1.165, 1.54) is 0 Å². The van der Waals surface area contributed by atoms with E-state index in [1.807, 2.05) is 49.0 Å². The van der Waals surface area contributed by atoms with Gasteiger partial charge in [-0.2, -0.15) is 26.3 Å². The first-order valence-corrected chi connectivity index (χ1v) is 19.2. The molecule has 3 amide bonds. The number of halogens is 6. The molecule has 0 aliphatic rings. The van der Waals surface area contributed by atoms with Gasteiger partial charge in [0, 0.05) is 62.9 Å². The molecule has 0 saturated heterocycles. The van der Waals surface area contributed by atoms with Crippen LogP contribution in [0.5, 0.6) is 0 Å². The summed E-state index contributed by atoms with van der Waals surface area (Å²) in [5, 5.41) is 35.6. The van der Waals surface area contributed by atoms with Crippen molar-refractivity contribution in [2.24, 2.45) is 20.0 Å². The number of aromatic nitrogens is 4. The van der Waals surface area contributed by atoms with Crippen LogP contribution in [0, 0.1) is 11.3 Å². The van der Waals surface area contributed by atoms with E-state index in [9.17, 15) is 40.7 Å². The topological polar surface area (TPSA) is 229 Å². The summed E-state index contributed by atoms with van der Waals surface area (Å²) in [6.45, 7) is 6.33. The standard InChI is InChI=1S/C37H46N10O3.2C2HF3O2/c1-24(2)12-15-47-23-29(19-33(47)35(48)39-13-9-14-44(3)4)43-37(50)32-18-28(22-46(32)6)42-36(49)31-17-27(21-45(31)5)41-34(38)26-16-25-10-7-8-11-30(25)40-20-26;2*3-2(4,5)1(6)7/h7-8,10-11,16-24H,9,12-15H2,1-6H3,(H2,38,41)(H,39,48)(H,42,49)(H,43,50);2*(H,6,7). The Bertz CT molecular complexity index is 2430. The van der Waals surface area contributed by atoms with E-state index in [2.05, 4.69) is 45.0 Å². The zero-order valence-corrected chi connectivity index (χ0v) is 35.5. The predicted molar refractivity (Wildman–Crippen MR) is 226 cm³/mol. The molecule has 0 unspecified atom stereocenters. The number of aryl methyl sites for hydroxylation is 3. The SMILES string of the molecule is CC(C)CCn1cc(NC(=O)c2cc(NC(=O)c3cc(NC(=N)c4cnc5ccccc5c4)cn3C)cn2C)cc1C(=O)NCCCN(C)C.O=C(O)C(F)(F)F.O=C(O)C(F)(F)F. The molecule has 0 saturated carbocycles. The fourth-order valence-corrected chi connectivity index (χ4v) is 5.57. The number of para-hydroxylation sites is 1. The Balaban J connectivity index is 0.000000671. The minimum absolute atomic E-state index is 0.155. The van der Waals surface area contributed by atoms with Crippen molar-refractivity contribution in [3.63, 3.8) is 0 Å². The molecule has 5 aromatic rings. The first kappa shape index (κ1) is 51.2. The molecule has 5 rings (SSSR count). The highest BCUT2D eigenvalue weighted by Gasteiger charge is 2.39. The van der Waals surface area contributed by atoms with Gasteiger partial charge in [0.05, 0.1) is 22.6 Å². The van der Waals surface area contributed by atoms with Crippen molar-refractivity contribution in [2.45, 2.75) is 45.6 Å². The van der Waals surface area contributed by atoms with Crippen molar-refractivity contribution in [1.82, 2.24) is 28.9 Å². The fourth-order valence-electron chi connectivity index (χ4n) is 5.57. The highest BCUT2D eigenvalue weighted by atomic mass is 19.4. The minimum Gasteiger partial charge on any atom is -0.475 e. The van der Waals surface area contributed by atoms with E-state index < -0.39 is 24.3 Å². The summed E-state index contributed by atoms with van der Waals surface area (Å²) in [7, 11) is 7.46. The van der Waals surface area contributed by atoms with Crippen LogP contribution in [0.4, 0.5) is 43.4 Å². The molecule has 346 valence electrons. The van der Waals surface area contributed by atoms with Crippen LogP contribution in [0.15, 0.2) is 73.3 Å². The van der Waals surface area contributed by atoms with E-state index in [4.69, 9.17) is 25.2 Å². The number of carboxylic acids is 2. The summed E-state index contributed by atoms with van der Waals surface area (Å²) in [5.74, 6) is -5.84. The van der Waals surface area contributed by atoms with E-state index in [0.29, 0.717) is 58.7 Å². The quantitative estimate of drug-likeness (QED) is 0.0272. The number of rotatable bonds is 14. The lowest BCUT2D eigenvalue weighted by atomic mass is 10.1. The number of fused-ring (bicyclic) bond motifs is 1. The third-order valence-electron chi connectivity index (χ3n) is 8.77. The summed E-state index contributed by atoms with van der Waals surface area (Å²) in [4.78, 5) is 64.0. The van der Waals surface area contributed by atoms with Crippen LogP contribution in [-0.2, 0) is 30.2 Å². The lowest BCUT2D eigenvalue weighted by molar-refractivity contribution is -0.193. The van der Waals surface area contributed by atoms with Crippen LogP contribution in [0.1, 0.15) is 63.7 Å². The first-order chi connectivity index (χ1) is 29.8. The molecule has 23 heteroatoms. The summed E-state index contributed by atoms with van der Waals surface area (Å²) >= 11 is 0. The first-order valence-electron chi connectivity index (χ1n) is 19.2. The lowest BCUT2D eigenvalue weighted by Crippen LogP contribution is -2.28. The molecule has 0 aliphatic carbocycles. The summed E-state index contributed by atoms with van der Waals surface area (Å²) < 4.78 is 68.7. The predicted octanol–water partition coefficient (Wildman–Crippen LogP) is 6.65. The second kappa shape index (κ2) is 22.3. The molecule has 0 atom stereocenters. The number of alkyl halides is 6. The molecule has 1 aromatic carbocycles. The van der Waals surface area contributed by atoms with Gasteiger partial charge in [-0.15, -0.1) is 0 Å². The van der Waals surface area contributed by atoms with Gasteiger partial charge in [0.1, 0.15) is 22.9 Å². The third kappa shape index (κ3) is 15.6. The van der Waals surface area contributed by atoms with Gasteiger partial charge in [-0.1, -0.05) is 32.0 Å². The third-order valence-corrected chi connectivity index (χ3v) is 8.77. The van der Waals surface area contributed by atoms with Gasteiger partial charge in [0.25, 0.3) is 17.7 Å². The number of nitrogens with one attached hydrogen (secondary N) is 5. The van der Waals surface area contributed by atoms with E-state index in [1.54, 1.807) is 66.2 Å².